The summed E-state index contributed by atoms with van der Waals surface area (Å²) in [7, 11) is 0. The number of carbonyl (C=O) groups is 2. The lowest BCUT2D eigenvalue weighted by molar-refractivity contribution is -0.126. The third kappa shape index (κ3) is 6.12. The Morgan fingerprint density at radius 1 is 0.958 bits per heavy atom. The fraction of sp³-hybridized carbons (Fsp3) is 0.263. The molecule has 126 valence electrons. The summed E-state index contributed by atoms with van der Waals surface area (Å²) >= 11 is 0. The second kappa shape index (κ2) is 8.72. The van der Waals surface area contributed by atoms with Crippen LogP contribution in [0.15, 0.2) is 54.6 Å². The molecule has 0 saturated carbocycles. The van der Waals surface area contributed by atoms with Crippen molar-refractivity contribution in [3.63, 3.8) is 0 Å². The molecular weight excluding hydrogens is 304 g/mol. The van der Waals surface area contributed by atoms with E-state index in [4.69, 9.17) is 4.74 Å². The second-order valence-corrected chi connectivity index (χ2v) is 5.68. The zero-order valence-electron chi connectivity index (χ0n) is 13.9. The highest BCUT2D eigenvalue weighted by atomic mass is 16.5. The lowest BCUT2D eigenvalue weighted by Crippen LogP contribution is -2.27. The maximum Gasteiger partial charge on any atom is 0.233 e. The summed E-state index contributed by atoms with van der Waals surface area (Å²) in [6.45, 7) is 4.31. The van der Waals surface area contributed by atoms with Crippen LogP contribution in [0.3, 0.4) is 0 Å². The number of nitrogens with one attached hydrogen (secondary N) is 2. The molecule has 5 nitrogen and oxygen atoms in total. The van der Waals surface area contributed by atoms with Crippen LogP contribution >= 0.6 is 0 Å². The average molecular weight is 326 g/mol. The molecule has 0 aliphatic rings. The topological polar surface area (TPSA) is 67.4 Å². The monoisotopic (exact) mass is 326 g/mol. The highest BCUT2D eigenvalue weighted by Gasteiger charge is 2.09. The van der Waals surface area contributed by atoms with Gasteiger partial charge in [-0.15, -0.1) is 0 Å². The molecule has 0 heterocycles. The van der Waals surface area contributed by atoms with E-state index >= 15 is 0 Å². The quantitative estimate of drug-likeness (QED) is 0.768. The van der Waals surface area contributed by atoms with Crippen LogP contribution in [0.2, 0.25) is 0 Å². The number of ether oxygens (including phenoxy) is 1. The predicted octanol–water partition coefficient (Wildman–Crippen LogP) is 3.12. The molecule has 0 radical (unpaired) electrons. The van der Waals surface area contributed by atoms with Gasteiger partial charge in [0, 0.05) is 12.2 Å². The molecule has 0 aliphatic heterocycles. The van der Waals surface area contributed by atoms with Gasteiger partial charge in [-0.05, 0) is 43.7 Å². The summed E-state index contributed by atoms with van der Waals surface area (Å²) in [5.41, 5.74) is 1.62. The Balaban J connectivity index is 1.76. The van der Waals surface area contributed by atoms with Gasteiger partial charge in [-0.3, -0.25) is 9.59 Å². The fourth-order valence-corrected chi connectivity index (χ4v) is 2.10. The molecule has 0 unspecified atom stereocenters. The van der Waals surface area contributed by atoms with E-state index in [-0.39, 0.29) is 24.3 Å². The van der Waals surface area contributed by atoms with Crippen molar-refractivity contribution in [2.45, 2.75) is 32.9 Å². The SMILES string of the molecule is CC(C)Oc1ccc(NC(=O)CC(=O)NCc2ccccc2)cc1. The molecule has 0 spiro atoms. The van der Waals surface area contributed by atoms with Gasteiger partial charge >= 0.3 is 0 Å². The molecule has 2 aromatic rings. The molecule has 0 bridgehead atoms. The summed E-state index contributed by atoms with van der Waals surface area (Å²) < 4.78 is 5.54. The first-order valence-electron chi connectivity index (χ1n) is 7.90. The Morgan fingerprint density at radius 2 is 1.62 bits per heavy atom. The Labute approximate surface area is 142 Å². The van der Waals surface area contributed by atoms with Gasteiger partial charge < -0.3 is 15.4 Å². The molecule has 2 aromatic carbocycles. The van der Waals surface area contributed by atoms with Crippen molar-refractivity contribution in [2.24, 2.45) is 0 Å². The zero-order chi connectivity index (χ0) is 17.4. The van der Waals surface area contributed by atoms with E-state index in [1.807, 2.05) is 44.2 Å². The van der Waals surface area contributed by atoms with Crippen LogP contribution in [0.4, 0.5) is 5.69 Å². The second-order valence-electron chi connectivity index (χ2n) is 5.68. The normalized spacial score (nSPS) is 10.3. The minimum atomic E-state index is -0.349. The summed E-state index contributed by atoms with van der Waals surface area (Å²) in [5, 5.41) is 5.42. The number of anilines is 1. The van der Waals surface area contributed by atoms with Crippen molar-refractivity contribution in [2.75, 3.05) is 5.32 Å². The van der Waals surface area contributed by atoms with Crippen LogP contribution < -0.4 is 15.4 Å². The van der Waals surface area contributed by atoms with E-state index in [1.165, 1.54) is 0 Å². The van der Waals surface area contributed by atoms with Crippen LogP contribution in [-0.4, -0.2) is 17.9 Å². The number of rotatable bonds is 7. The minimum Gasteiger partial charge on any atom is -0.491 e. The Hall–Kier alpha value is -2.82. The van der Waals surface area contributed by atoms with E-state index in [2.05, 4.69) is 10.6 Å². The first kappa shape index (κ1) is 17.5. The lowest BCUT2D eigenvalue weighted by Gasteiger charge is -2.10. The standard InChI is InChI=1S/C19H22N2O3/c1-14(2)24-17-10-8-16(9-11-17)21-19(23)12-18(22)20-13-15-6-4-3-5-7-15/h3-11,14H,12-13H2,1-2H3,(H,20,22)(H,21,23). The maximum absolute atomic E-state index is 11.9. The van der Waals surface area contributed by atoms with Crippen LogP contribution in [-0.2, 0) is 16.1 Å². The van der Waals surface area contributed by atoms with Gasteiger partial charge in [0.15, 0.2) is 0 Å². The van der Waals surface area contributed by atoms with Crippen molar-refractivity contribution in [3.05, 3.63) is 60.2 Å². The predicted molar refractivity (Wildman–Crippen MR) is 93.7 cm³/mol. The number of amides is 2. The van der Waals surface area contributed by atoms with Gasteiger partial charge in [0.2, 0.25) is 11.8 Å². The summed E-state index contributed by atoms with van der Waals surface area (Å²) in [5.74, 6) is 0.0813. The first-order valence-corrected chi connectivity index (χ1v) is 7.90. The first-order chi connectivity index (χ1) is 11.5. The molecule has 2 N–H and O–H groups in total. The summed E-state index contributed by atoms with van der Waals surface area (Å²) in [6.07, 6.45) is -0.115. The molecule has 0 fully saturated rings. The Morgan fingerprint density at radius 3 is 2.25 bits per heavy atom. The fourth-order valence-electron chi connectivity index (χ4n) is 2.10. The minimum absolute atomic E-state index is 0.0961. The lowest BCUT2D eigenvalue weighted by atomic mass is 10.2. The molecule has 0 aliphatic carbocycles. The van der Waals surface area contributed by atoms with Gasteiger partial charge in [0.1, 0.15) is 12.2 Å². The summed E-state index contributed by atoms with van der Waals surface area (Å²) in [4.78, 5) is 23.7. The van der Waals surface area contributed by atoms with Crippen LogP contribution in [0, 0.1) is 0 Å². The number of hydrogen-bond donors (Lipinski definition) is 2. The molecule has 24 heavy (non-hydrogen) atoms. The van der Waals surface area contributed by atoms with Gasteiger partial charge in [-0.25, -0.2) is 0 Å². The van der Waals surface area contributed by atoms with Crippen LogP contribution in [0.25, 0.3) is 0 Å². The van der Waals surface area contributed by atoms with Gasteiger partial charge in [0.25, 0.3) is 0 Å². The van der Waals surface area contributed by atoms with Crippen molar-refractivity contribution < 1.29 is 14.3 Å². The average Bonchev–Trinajstić information content (AvgIpc) is 2.55. The Kier molecular flexibility index (Phi) is 6.37. The van der Waals surface area contributed by atoms with Crippen molar-refractivity contribution >= 4 is 17.5 Å². The molecule has 5 heteroatoms. The molecule has 0 saturated heterocycles. The largest absolute Gasteiger partial charge is 0.491 e. The van der Waals surface area contributed by atoms with E-state index in [0.29, 0.717) is 12.2 Å². The number of carbonyl (C=O) groups excluding carboxylic acids is 2. The van der Waals surface area contributed by atoms with Crippen molar-refractivity contribution in [1.82, 2.24) is 5.32 Å². The van der Waals surface area contributed by atoms with E-state index < -0.39 is 0 Å². The van der Waals surface area contributed by atoms with Crippen LogP contribution in [0.5, 0.6) is 5.75 Å². The van der Waals surface area contributed by atoms with Crippen molar-refractivity contribution in [1.29, 1.82) is 0 Å². The third-order valence-corrected chi connectivity index (χ3v) is 3.16. The van der Waals surface area contributed by atoms with E-state index in [0.717, 1.165) is 11.3 Å². The van der Waals surface area contributed by atoms with E-state index in [1.54, 1.807) is 24.3 Å². The van der Waals surface area contributed by atoms with Crippen LogP contribution in [0.1, 0.15) is 25.8 Å². The third-order valence-electron chi connectivity index (χ3n) is 3.16. The van der Waals surface area contributed by atoms with Crippen molar-refractivity contribution in [3.8, 4) is 5.75 Å². The number of benzene rings is 2. The van der Waals surface area contributed by atoms with Gasteiger partial charge in [-0.2, -0.15) is 0 Å². The highest BCUT2D eigenvalue weighted by Crippen LogP contribution is 2.17. The Bertz CT molecular complexity index is 667. The number of hydrogen-bond acceptors (Lipinski definition) is 3. The molecule has 0 aromatic heterocycles. The van der Waals surface area contributed by atoms with Gasteiger partial charge in [0.05, 0.1) is 6.10 Å². The smallest absolute Gasteiger partial charge is 0.233 e. The van der Waals surface area contributed by atoms with Gasteiger partial charge in [-0.1, -0.05) is 30.3 Å². The maximum atomic E-state index is 11.9. The molecule has 2 rings (SSSR count). The summed E-state index contributed by atoms with van der Waals surface area (Å²) in [6, 6.07) is 16.6. The molecule has 0 atom stereocenters. The highest BCUT2D eigenvalue weighted by molar-refractivity contribution is 6.03. The van der Waals surface area contributed by atoms with E-state index in [9.17, 15) is 9.59 Å². The molecule has 2 amide bonds. The zero-order valence-corrected chi connectivity index (χ0v) is 13.9. The molecular formula is C19H22N2O3.